The molecule has 0 N–H and O–H groups in total. The highest BCUT2D eigenvalue weighted by Gasteiger charge is 2.00. The summed E-state index contributed by atoms with van der Waals surface area (Å²) in [7, 11) is 1.70. The van der Waals surface area contributed by atoms with Crippen LogP contribution in [0, 0.1) is 6.92 Å². The highest BCUT2D eigenvalue weighted by Crippen LogP contribution is 1.99. The van der Waals surface area contributed by atoms with Crippen molar-refractivity contribution >= 4 is 5.65 Å². The van der Waals surface area contributed by atoms with Crippen LogP contribution in [-0.4, -0.2) is 14.2 Å². The molecule has 2 heterocycles. The van der Waals surface area contributed by atoms with Crippen LogP contribution < -0.4 is 5.69 Å². The molecule has 4 heteroatoms. The lowest BCUT2D eigenvalue weighted by Crippen LogP contribution is -2.15. The third kappa shape index (κ3) is 0.845. The van der Waals surface area contributed by atoms with Gasteiger partial charge in [-0.25, -0.2) is 14.0 Å². The van der Waals surface area contributed by atoms with E-state index >= 15 is 0 Å². The molecule has 0 fully saturated rings. The summed E-state index contributed by atoms with van der Waals surface area (Å²) in [5.41, 5.74) is 1.57. The molecule has 12 heavy (non-hydrogen) atoms. The standard InChI is InChI=1S/C8H9N3O/c1-6-3-4-7-9-8(12)10(2)11(7)5-6/h3-5H,1-2H3. The van der Waals surface area contributed by atoms with E-state index in [0.717, 1.165) is 5.56 Å². The highest BCUT2D eigenvalue weighted by atomic mass is 16.2. The van der Waals surface area contributed by atoms with Gasteiger partial charge in [0.15, 0.2) is 5.65 Å². The maximum atomic E-state index is 11.1. The van der Waals surface area contributed by atoms with E-state index in [1.807, 2.05) is 25.3 Å². The van der Waals surface area contributed by atoms with E-state index in [4.69, 9.17) is 0 Å². The number of nitrogens with zero attached hydrogens (tertiary/aromatic N) is 3. The van der Waals surface area contributed by atoms with E-state index in [1.165, 1.54) is 4.68 Å². The van der Waals surface area contributed by atoms with Crippen molar-refractivity contribution in [3.8, 4) is 0 Å². The number of aromatic nitrogens is 3. The lowest BCUT2D eigenvalue weighted by molar-refractivity contribution is 0.674. The van der Waals surface area contributed by atoms with Crippen LogP contribution in [0.5, 0.6) is 0 Å². The summed E-state index contributed by atoms with van der Waals surface area (Å²) in [5.74, 6) is 0. The van der Waals surface area contributed by atoms with Gasteiger partial charge in [-0.3, -0.25) is 0 Å². The quantitative estimate of drug-likeness (QED) is 0.562. The van der Waals surface area contributed by atoms with Gasteiger partial charge in [-0.15, -0.1) is 0 Å². The smallest absolute Gasteiger partial charge is 0.244 e. The third-order valence-electron chi connectivity index (χ3n) is 1.87. The SMILES string of the molecule is Cc1ccc2nc(=O)n(C)n2c1. The normalized spacial score (nSPS) is 10.8. The van der Waals surface area contributed by atoms with E-state index in [0.29, 0.717) is 5.65 Å². The van der Waals surface area contributed by atoms with Crippen molar-refractivity contribution in [3.05, 3.63) is 34.4 Å². The number of rotatable bonds is 0. The topological polar surface area (TPSA) is 39.3 Å². The molecule has 0 atom stereocenters. The fraction of sp³-hybridized carbons (Fsp3) is 0.250. The molecule has 0 aliphatic rings. The summed E-state index contributed by atoms with van der Waals surface area (Å²) < 4.78 is 3.21. The predicted octanol–water partition coefficient (Wildman–Crippen LogP) is 0.341. The van der Waals surface area contributed by atoms with Crippen LogP contribution in [0.2, 0.25) is 0 Å². The van der Waals surface area contributed by atoms with Gasteiger partial charge in [-0.1, -0.05) is 6.07 Å². The predicted molar refractivity (Wildman–Crippen MR) is 45.2 cm³/mol. The van der Waals surface area contributed by atoms with Gasteiger partial charge < -0.3 is 0 Å². The maximum absolute atomic E-state index is 11.1. The molecule has 0 radical (unpaired) electrons. The Morgan fingerprint density at radius 2 is 2.17 bits per heavy atom. The van der Waals surface area contributed by atoms with Crippen molar-refractivity contribution in [3.63, 3.8) is 0 Å². The molecule has 0 spiro atoms. The van der Waals surface area contributed by atoms with Crippen molar-refractivity contribution in [2.45, 2.75) is 6.92 Å². The van der Waals surface area contributed by atoms with E-state index in [1.54, 1.807) is 11.6 Å². The Hall–Kier alpha value is -1.58. The van der Waals surface area contributed by atoms with Crippen LogP contribution in [-0.2, 0) is 7.05 Å². The van der Waals surface area contributed by atoms with Gasteiger partial charge in [-0.05, 0) is 18.6 Å². The number of aryl methyl sites for hydroxylation is 2. The van der Waals surface area contributed by atoms with E-state index in [-0.39, 0.29) is 5.69 Å². The van der Waals surface area contributed by atoms with Gasteiger partial charge in [0, 0.05) is 13.2 Å². The number of pyridine rings is 1. The molecule has 0 aromatic carbocycles. The zero-order chi connectivity index (χ0) is 8.72. The van der Waals surface area contributed by atoms with Gasteiger partial charge in [0.1, 0.15) is 0 Å². The minimum absolute atomic E-state index is 0.222. The first-order valence-corrected chi connectivity index (χ1v) is 3.70. The van der Waals surface area contributed by atoms with Crippen molar-refractivity contribution in [1.82, 2.24) is 14.2 Å². The summed E-state index contributed by atoms with van der Waals surface area (Å²) in [6, 6.07) is 3.76. The first-order chi connectivity index (χ1) is 5.68. The lowest BCUT2D eigenvalue weighted by atomic mass is 10.3. The molecule has 0 aliphatic heterocycles. The fourth-order valence-electron chi connectivity index (χ4n) is 1.18. The van der Waals surface area contributed by atoms with Crippen molar-refractivity contribution in [2.75, 3.05) is 0 Å². The monoisotopic (exact) mass is 163 g/mol. The first-order valence-electron chi connectivity index (χ1n) is 3.70. The number of hydrogen-bond donors (Lipinski definition) is 0. The molecule has 0 unspecified atom stereocenters. The van der Waals surface area contributed by atoms with E-state index in [9.17, 15) is 4.79 Å². The summed E-state index contributed by atoms with van der Waals surface area (Å²) in [4.78, 5) is 14.9. The average molecular weight is 163 g/mol. The van der Waals surface area contributed by atoms with Crippen molar-refractivity contribution < 1.29 is 0 Å². The molecule has 2 rings (SSSR count). The Morgan fingerprint density at radius 3 is 2.92 bits per heavy atom. The summed E-state index contributed by atoms with van der Waals surface area (Å²) >= 11 is 0. The Bertz CT molecular complexity index is 480. The minimum Gasteiger partial charge on any atom is -0.244 e. The molecule has 2 aromatic rings. The van der Waals surface area contributed by atoms with Crippen LogP contribution in [0.1, 0.15) is 5.56 Å². The molecule has 0 bridgehead atoms. The van der Waals surface area contributed by atoms with Crippen LogP contribution in [0.3, 0.4) is 0 Å². The molecule has 2 aromatic heterocycles. The van der Waals surface area contributed by atoms with Crippen LogP contribution >= 0.6 is 0 Å². The lowest BCUT2D eigenvalue weighted by Gasteiger charge is -1.97. The maximum Gasteiger partial charge on any atom is 0.364 e. The molecule has 62 valence electrons. The molecule has 0 saturated carbocycles. The zero-order valence-electron chi connectivity index (χ0n) is 6.98. The van der Waals surface area contributed by atoms with Gasteiger partial charge in [-0.2, -0.15) is 4.98 Å². The van der Waals surface area contributed by atoms with Gasteiger partial charge >= 0.3 is 5.69 Å². The molecular weight excluding hydrogens is 154 g/mol. The Morgan fingerprint density at radius 1 is 1.42 bits per heavy atom. The minimum atomic E-state index is -0.222. The third-order valence-corrected chi connectivity index (χ3v) is 1.87. The van der Waals surface area contributed by atoms with Crippen LogP contribution in [0.25, 0.3) is 5.65 Å². The second-order valence-corrected chi connectivity index (χ2v) is 2.83. The second-order valence-electron chi connectivity index (χ2n) is 2.83. The molecule has 0 saturated heterocycles. The van der Waals surface area contributed by atoms with Crippen LogP contribution in [0.4, 0.5) is 0 Å². The highest BCUT2D eigenvalue weighted by molar-refractivity contribution is 5.37. The number of hydrogen-bond acceptors (Lipinski definition) is 2. The second kappa shape index (κ2) is 2.20. The van der Waals surface area contributed by atoms with Crippen molar-refractivity contribution in [2.24, 2.45) is 7.05 Å². The van der Waals surface area contributed by atoms with Crippen molar-refractivity contribution in [1.29, 1.82) is 0 Å². The Balaban J connectivity index is 2.98. The summed E-state index contributed by atoms with van der Waals surface area (Å²) in [6.07, 6.45) is 1.88. The van der Waals surface area contributed by atoms with E-state index < -0.39 is 0 Å². The van der Waals surface area contributed by atoms with Gasteiger partial charge in [0.05, 0.1) is 0 Å². The largest absolute Gasteiger partial charge is 0.364 e. The van der Waals surface area contributed by atoms with Gasteiger partial charge in [0.25, 0.3) is 0 Å². The molecular formula is C8H9N3O. The molecule has 0 aliphatic carbocycles. The Labute approximate surface area is 69.1 Å². The average Bonchev–Trinajstić information content (AvgIpc) is 2.31. The fourth-order valence-corrected chi connectivity index (χ4v) is 1.18. The molecule has 0 amide bonds. The van der Waals surface area contributed by atoms with E-state index in [2.05, 4.69) is 4.98 Å². The zero-order valence-corrected chi connectivity index (χ0v) is 6.98. The summed E-state index contributed by atoms with van der Waals surface area (Å²) in [6.45, 7) is 1.98. The first kappa shape index (κ1) is 7.09. The molecule has 4 nitrogen and oxygen atoms in total. The Kier molecular flexibility index (Phi) is 1.30. The number of fused-ring (bicyclic) bond motifs is 1. The summed E-state index contributed by atoms with van der Waals surface area (Å²) in [5, 5.41) is 0. The van der Waals surface area contributed by atoms with Gasteiger partial charge in [0.2, 0.25) is 0 Å². The van der Waals surface area contributed by atoms with Crippen LogP contribution in [0.15, 0.2) is 23.1 Å².